The van der Waals surface area contributed by atoms with Crippen LogP contribution in [0.5, 0.6) is 11.6 Å². The molecule has 1 saturated heterocycles. The Balaban J connectivity index is 1.48. The van der Waals surface area contributed by atoms with Crippen LogP contribution in [0.15, 0.2) is 60.3 Å². The number of aromatic nitrogens is 1. The first-order chi connectivity index (χ1) is 13.1. The van der Waals surface area contributed by atoms with Gasteiger partial charge in [0.1, 0.15) is 5.75 Å². The zero-order valence-corrected chi connectivity index (χ0v) is 16.0. The topological polar surface area (TPSA) is 54.5 Å². The van der Waals surface area contributed by atoms with E-state index in [1.807, 2.05) is 36.4 Å². The van der Waals surface area contributed by atoms with E-state index in [1.165, 1.54) is 5.57 Å². The molecule has 1 aromatic heterocycles. The number of likely N-dealkylation sites (tertiary alicyclic amines) is 1. The van der Waals surface area contributed by atoms with Crippen LogP contribution in [0, 0.1) is 5.92 Å². The fourth-order valence-corrected chi connectivity index (χ4v) is 3.06. The first kappa shape index (κ1) is 19.1. The van der Waals surface area contributed by atoms with Gasteiger partial charge in [-0.15, -0.1) is 0 Å². The summed E-state index contributed by atoms with van der Waals surface area (Å²) in [5, 5.41) is 2.98. The summed E-state index contributed by atoms with van der Waals surface area (Å²) >= 11 is 0. The second-order valence-electron chi connectivity index (χ2n) is 7.15. The smallest absolute Gasteiger partial charge is 0.227 e. The van der Waals surface area contributed by atoms with Crippen molar-refractivity contribution >= 4 is 11.6 Å². The van der Waals surface area contributed by atoms with Crippen LogP contribution in [0.1, 0.15) is 26.7 Å². The summed E-state index contributed by atoms with van der Waals surface area (Å²) in [4.78, 5) is 19.2. The molecule has 5 nitrogen and oxygen atoms in total. The third-order valence-corrected chi connectivity index (χ3v) is 4.69. The second kappa shape index (κ2) is 9.33. The maximum Gasteiger partial charge on any atom is 0.227 e. The van der Waals surface area contributed by atoms with Crippen molar-refractivity contribution in [2.75, 3.05) is 25.0 Å². The van der Waals surface area contributed by atoms with Gasteiger partial charge in [0.15, 0.2) is 0 Å². The molecule has 27 heavy (non-hydrogen) atoms. The summed E-state index contributed by atoms with van der Waals surface area (Å²) < 4.78 is 5.67. The van der Waals surface area contributed by atoms with Crippen molar-refractivity contribution in [3.63, 3.8) is 0 Å². The number of nitrogens with one attached hydrogen (secondary N) is 1. The van der Waals surface area contributed by atoms with Crippen LogP contribution in [0.2, 0.25) is 0 Å². The zero-order valence-electron chi connectivity index (χ0n) is 16.0. The lowest BCUT2D eigenvalue weighted by atomic mass is 9.96. The number of hydrogen-bond acceptors (Lipinski definition) is 4. The van der Waals surface area contributed by atoms with Crippen molar-refractivity contribution in [1.29, 1.82) is 0 Å². The molecule has 3 rings (SSSR count). The number of pyridine rings is 1. The molecule has 1 aromatic carbocycles. The van der Waals surface area contributed by atoms with E-state index in [4.69, 9.17) is 4.74 Å². The molecule has 0 unspecified atom stereocenters. The largest absolute Gasteiger partial charge is 0.439 e. The molecular formula is C22H27N3O2. The van der Waals surface area contributed by atoms with Gasteiger partial charge in [0.2, 0.25) is 11.8 Å². The number of carbonyl (C=O) groups excluding carboxylic acids is 1. The number of piperidine rings is 1. The van der Waals surface area contributed by atoms with E-state index in [0.717, 1.165) is 38.2 Å². The monoisotopic (exact) mass is 365 g/mol. The van der Waals surface area contributed by atoms with Gasteiger partial charge in [-0.3, -0.25) is 9.69 Å². The zero-order chi connectivity index (χ0) is 19.1. The number of benzene rings is 1. The van der Waals surface area contributed by atoms with Crippen LogP contribution in [-0.2, 0) is 4.79 Å². The van der Waals surface area contributed by atoms with Gasteiger partial charge in [-0.25, -0.2) is 4.98 Å². The van der Waals surface area contributed by atoms with Gasteiger partial charge < -0.3 is 10.1 Å². The maximum absolute atomic E-state index is 12.5. The number of amides is 1. The summed E-state index contributed by atoms with van der Waals surface area (Å²) in [6.07, 6.45) is 5.67. The van der Waals surface area contributed by atoms with Gasteiger partial charge in [0.25, 0.3) is 0 Å². The Bertz CT molecular complexity index is 760. The molecule has 1 N–H and O–H groups in total. The van der Waals surface area contributed by atoms with Crippen LogP contribution in [0.4, 0.5) is 5.69 Å². The van der Waals surface area contributed by atoms with Gasteiger partial charge in [-0.2, -0.15) is 0 Å². The molecule has 2 aromatic rings. The number of allylic oxidation sites excluding steroid dienone is 1. The molecule has 0 aliphatic carbocycles. The molecule has 1 aliphatic heterocycles. The minimum absolute atomic E-state index is 0.0631. The molecule has 5 heteroatoms. The number of nitrogens with zero attached hydrogens (tertiary/aromatic N) is 2. The molecule has 0 bridgehead atoms. The molecule has 1 fully saturated rings. The highest BCUT2D eigenvalue weighted by molar-refractivity contribution is 5.92. The average Bonchev–Trinajstić information content (AvgIpc) is 2.69. The van der Waals surface area contributed by atoms with Crippen molar-refractivity contribution in [3.8, 4) is 11.6 Å². The molecule has 1 amide bonds. The Morgan fingerprint density at radius 1 is 1.19 bits per heavy atom. The lowest BCUT2D eigenvalue weighted by Crippen LogP contribution is -2.38. The predicted octanol–water partition coefficient (Wildman–Crippen LogP) is 4.49. The number of para-hydroxylation sites is 1. The Hall–Kier alpha value is -2.66. The average molecular weight is 365 g/mol. The SMILES string of the molecule is CC(C)=CCN1CCC(C(=O)Nc2ccc(Oc3ccccc3)nc2)CC1. The van der Waals surface area contributed by atoms with E-state index in [9.17, 15) is 4.79 Å². The van der Waals surface area contributed by atoms with E-state index in [0.29, 0.717) is 11.6 Å². The summed E-state index contributed by atoms with van der Waals surface area (Å²) in [6.45, 7) is 7.13. The highest BCUT2D eigenvalue weighted by Crippen LogP contribution is 2.22. The van der Waals surface area contributed by atoms with Crippen LogP contribution in [0.25, 0.3) is 0 Å². The molecule has 0 atom stereocenters. The second-order valence-corrected chi connectivity index (χ2v) is 7.15. The molecule has 1 aliphatic rings. The van der Waals surface area contributed by atoms with E-state index >= 15 is 0 Å². The van der Waals surface area contributed by atoms with E-state index < -0.39 is 0 Å². The summed E-state index contributed by atoms with van der Waals surface area (Å²) in [5.41, 5.74) is 2.04. The molecule has 0 spiro atoms. The summed E-state index contributed by atoms with van der Waals surface area (Å²) in [5.74, 6) is 1.39. The lowest BCUT2D eigenvalue weighted by Gasteiger charge is -2.30. The number of ether oxygens (including phenoxy) is 1. The normalized spacial score (nSPS) is 15.2. The Kier molecular flexibility index (Phi) is 6.60. The third kappa shape index (κ3) is 5.93. The van der Waals surface area contributed by atoms with E-state index in [1.54, 1.807) is 12.3 Å². The molecule has 2 heterocycles. The minimum Gasteiger partial charge on any atom is -0.439 e. The third-order valence-electron chi connectivity index (χ3n) is 4.69. The van der Waals surface area contributed by atoms with Crippen LogP contribution >= 0.6 is 0 Å². The van der Waals surface area contributed by atoms with Gasteiger partial charge in [0, 0.05) is 18.5 Å². The van der Waals surface area contributed by atoms with Crippen molar-refractivity contribution in [3.05, 3.63) is 60.3 Å². The van der Waals surface area contributed by atoms with Crippen molar-refractivity contribution in [2.24, 2.45) is 5.92 Å². The summed E-state index contributed by atoms with van der Waals surface area (Å²) in [6, 6.07) is 13.1. The Morgan fingerprint density at radius 3 is 2.56 bits per heavy atom. The van der Waals surface area contributed by atoms with Crippen molar-refractivity contribution < 1.29 is 9.53 Å². The predicted molar refractivity (Wildman–Crippen MR) is 108 cm³/mol. The lowest BCUT2D eigenvalue weighted by molar-refractivity contribution is -0.121. The number of hydrogen-bond donors (Lipinski definition) is 1. The first-order valence-electron chi connectivity index (χ1n) is 9.45. The van der Waals surface area contributed by atoms with E-state index in [-0.39, 0.29) is 11.8 Å². The Morgan fingerprint density at radius 2 is 1.93 bits per heavy atom. The van der Waals surface area contributed by atoms with Gasteiger partial charge >= 0.3 is 0 Å². The van der Waals surface area contributed by atoms with Crippen molar-refractivity contribution in [1.82, 2.24) is 9.88 Å². The molecule has 0 radical (unpaired) electrons. The summed E-state index contributed by atoms with van der Waals surface area (Å²) in [7, 11) is 0. The van der Waals surface area contributed by atoms with Crippen LogP contribution in [-0.4, -0.2) is 35.4 Å². The number of carbonyl (C=O) groups is 1. The quantitative estimate of drug-likeness (QED) is 0.766. The molecule has 0 saturated carbocycles. The van der Waals surface area contributed by atoms with Gasteiger partial charge in [0.05, 0.1) is 11.9 Å². The van der Waals surface area contributed by atoms with Crippen LogP contribution in [0.3, 0.4) is 0 Å². The van der Waals surface area contributed by atoms with Crippen LogP contribution < -0.4 is 10.1 Å². The van der Waals surface area contributed by atoms with Gasteiger partial charge in [-0.1, -0.05) is 29.8 Å². The Labute approximate surface area is 161 Å². The van der Waals surface area contributed by atoms with Gasteiger partial charge in [-0.05, 0) is 58.0 Å². The fraction of sp³-hybridized carbons (Fsp3) is 0.364. The maximum atomic E-state index is 12.5. The minimum atomic E-state index is 0.0631. The standard InChI is InChI=1S/C22H27N3O2/c1-17(2)10-13-25-14-11-18(12-15-25)22(26)24-19-8-9-21(23-16-19)27-20-6-4-3-5-7-20/h3-10,16,18H,11-15H2,1-2H3,(H,24,26). The molecule has 142 valence electrons. The number of anilines is 1. The molecular weight excluding hydrogens is 338 g/mol. The first-order valence-corrected chi connectivity index (χ1v) is 9.45. The highest BCUT2D eigenvalue weighted by Gasteiger charge is 2.24. The van der Waals surface area contributed by atoms with Crippen molar-refractivity contribution in [2.45, 2.75) is 26.7 Å². The van der Waals surface area contributed by atoms with E-state index in [2.05, 4.69) is 35.1 Å². The highest BCUT2D eigenvalue weighted by atomic mass is 16.5. The fourth-order valence-electron chi connectivity index (χ4n) is 3.06. The number of rotatable bonds is 6.